The van der Waals surface area contributed by atoms with Crippen LogP contribution in [0.3, 0.4) is 0 Å². The molecule has 152 valence electrons. The molecule has 0 aliphatic heterocycles. The number of rotatable bonds is 5. The highest BCUT2D eigenvalue weighted by molar-refractivity contribution is 5.56. The highest BCUT2D eigenvalue weighted by atomic mass is 19.4. The maximum absolute atomic E-state index is 14.0. The molecule has 1 aliphatic rings. The van der Waals surface area contributed by atoms with E-state index in [9.17, 15) is 22.7 Å². The summed E-state index contributed by atoms with van der Waals surface area (Å²) in [5.41, 5.74) is 0.718. The molecule has 0 unspecified atom stereocenters. The summed E-state index contributed by atoms with van der Waals surface area (Å²) < 4.78 is 65.4. The summed E-state index contributed by atoms with van der Waals surface area (Å²) in [7, 11) is 0. The van der Waals surface area contributed by atoms with Gasteiger partial charge in [0.2, 0.25) is 5.88 Å². The van der Waals surface area contributed by atoms with E-state index in [1.165, 1.54) is 12.3 Å². The van der Waals surface area contributed by atoms with Crippen molar-refractivity contribution in [1.29, 1.82) is 0 Å². The average molecular weight is 409 g/mol. The van der Waals surface area contributed by atoms with Crippen molar-refractivity contribution in [2.75, 3.05) is 0 Å². The summed E-state index contributed by atoms with van der Waals surface area (Å²) >= 11 is 0. The number of nitrogens with zero attached hydrogens (tertiary/aromatic N) is 2. The second-order valence-electron chi connectivity index (χ2n) is 6.55. The third-order valence-electron chi connectivity index (χ3n) is 4.53. The van der Waals surface area contributed by atoms with E-state index in [0.717, 1.165) is 18.2 Å². The molecule has 3 aromatic rings. The van der Waals surface area contributed by atoms with Gasteiger partial charge >= 0.3 is 6.36 Å². The zero-order chi connectivity index (χ0) is 20.6. The molecule has 0 saturated heterocycles. The van der Waals surface area contributed by atoms with Gasteiger partial charge in [-0.2, -0.15) is 0 Å². The highest BCUT2D eigenvalue weighted by Crippen LogP contribution is 2.41. The van der Waals surface area contributed by atoms with Crippen molar-refractivity contribution in [3.8, 4) is 28.8 Å². The molecule has 0 spiro atoms. The minimum absolute atomic E-state index is 0.161. The van der Waals surface area contributed by atoms with Crippen molar-refractivity contribution in [2.24, 2.45) is 0 Å². The van der Waals surface area contributed by atoms with Gasteiger partial charge in [0, 0.05) is 23.7 Å². The van der Waals surface area contributed by atoms with Crippen LogP contribution < -0.4 is 14.6 Å². The Balaban J connectivity index is 1.36. The Labute approximate surface area is 161 Å². The molecule has 0 radical (unpaired) electrons. The van der Waals surface area contributed by atoms with Crippen LogP contribution in [0.25, 0.3) is 11.3 Å². The molecule has 29 heavy (non-hydrogen) atoms. The predicted octanol–water partition coefficient (Wildman–Crippen LogP) is 4.17. The largest absolute Gasteiger partial charge is 0.856 e. The van der Waals surface area contributed by atoms with Gasteiger partial charge in [-0.3, -0.25) is 0 Å². The Kier molecular flexibility index (Phi) is 4.77. The van der Waals surface area contributed by atoms with Gasteiger partial charge in [0.25, 0.3) is 0 Å². The Morgan fingerprint density at radius 3 is 2.52 bits per heavy atom. The van der Waals surface area contributed by atoms with Crippen molar-refractivity contribution in [3.63, 3.8) is 0 Å². The van der Waals surface area contributed by atoms with E-state index < -0.39 is 23.8 Å². The highest BCUT2D eigenvalue weighted by Gasteiger charge is 2.36. The van der Waals surface area contributed by atoms with E-state index in [1.807, 2.05) is 0 Å². The van der Waals surface area contributed by atoms with Crippen molar-refractivity contribution in [2.45, 2.75) is 31.2 Å². The van der Waals surface area contributed by atoms with Crippen molar-refractivity contribution in [1.82, 2.24) is 10.1 Å². The first-order valence-electron chi connectivity index (χ1n) is 8.59. The first kappa shape index (κ1) is 19.0. The van der Waals surface area contributed by atoms with Gasteiger partial charge in [-0.1, -0.05) is 5.16 Å². The molecule has 0 amide bonds. The number of ether oxygens (including phenoxy) is 2. The SMILES string of the molecule is [O-]c1cc(-c2ccc(OC3CC(c4cc(OC(F)(F)F)ccc4F)C3)nc2)on1. The molecule has 2 heterocycles. The summed E-state index contributed by atoms with van der Waals surface area (Å²) in [6.07, 6.45) is -2.76. The molecular formula is C19H13F4N2O4-. The van der Waals surface area contributed by atoms with Gasteiger partial charge < -0.3 is 19.1 Å². The molecule has 2 aromatic heterocycles. The van der Waals surface area contributed by atoms with E-state index in [4.69, 9.17) is 9.26 Å². The zero-order valence-corrected chi connectivity index (χ0v) is 14.6. The topological polar surface area (TPSA) is 80.4 Å². The Morgan fingerprint density at radius 1 is 1.10 bits per heavy atom. The van der Waals surface area contributed by atoms with E-state index in [2.05, 4.69) is 14.9 Å². The normalized spacial score (nSPS) is 18.9. The number of pyridine rings is 1. The monoisotopic (exact) mass is 409 g/mol. The van der Waals surface area contributed by atoms with E-state index in [0.29, 0.717) is 24.3 Å². The first-order chi connectivity index (χ1) is 13.8. The summed E-state index contributed by atoms with van der Waals surface area (Å²) in [5.74, 6) is -1.19. The van der Waals surface area contributed by atoms with Crippen LogP contribution in [0, 0.1) is 5.82 Å². The van der Waals surface area contributed by atoms with Crippen LogP contribution >= 0.6 is 0 Å². The maximum atomic E-state index is 14.0. The van der Waals surface area contributed by atoms with Crippen LogP contribution in [0.4, 0.5) is 17.6 Å². The third-order valence-corrected chi connectivity index (χ3v) is 4.53. The van der Waals surface area contributed by atoms with Gasteiger partial charge in [0.15, 0.2) is 5.76 Å². The minimum atomic E-state index is -4.83. The fraction of sp³-hybridized carbons (Fsp3) is 0.263. The van der Waals surface area contributed by atoms with Crippen molar-refractivity contribution >= 4 is 0 Å². The molecule has 1 aromatic carbocycles. The van der Waals surface area contributed by atoms with E-state index in [1.54, 1.807) is 12.1 Å². The Hall–Kier alpha value is -3.30. The lowest BCUT2D eigenvalue weighted by molar-refractivity contribution is -0.277. The number of alkyl halides is 3. The third kappa shape index (κ3) is 4.41. The molecule has 1 aliphatic carbocycles. The summed E-state index contributed by atoms with van der Waals surface area (Å²) in [4.78, 5) is 4.12. The van der Waals surface area contributed by atoms with Crippen LogP contribution in [0.5, 0.6) is 17.5 Å². The van der Waals surface area contributed by atoms with E-state index in [-0.39, 0.29) is 23.3 Å². The zero-order valence-electron chi connectivity index (χ0n) is 14.6. The maximum Gasteiger partial charge on any atom is 0.573 e. The molecule has 6 nitrogen and oxygen atoms in total. The van der Waals surface area contributed by atoms with Crippen LogP contribution in [0.2, 0.25) is 0 Å². The first-order valence-corrected chi connectivity index (χ1v) is 8.59. The summed E-state index contributed by atoms with van der Waals surface area (Å²) in [5, 5.41) is 14.3. The lowest BCUT2D eigenvalue weighted by Gasteiger charge is -2.35. The lowest BCUT2D eigenvalue weighted by Crippen LogP contribution is -2.33. The molecule has 10 heteroatoms. The number of hydrogen-bond acceptors (Lipinski definition) is 6. The minimum Gasteiger partial charge on any atom is -0.856 e. The van der Waals surface area contributed by atoms with Gasteiger partial charge in [0.05, 0.1) is 0 Å². The van der Waals surface area contributed by atoms with Crippen molar-refractivity contribution < 1.29 is 36.7 Å². The second kappa shape index (κ2) is 7.26. The predicted molar refractivity (Wildman–Crippen MR) is 88.7 cm³/mol. The number of halogens is 4. The molecule has 0 bridgehead atoms. The molecule has 0 atom stereocenters. The number of hydrogen-bond donors (Lipinski definition) is 0. The Morgan fingerprint density at radius 2 is 1.90 bits per heavy atom. The van der Waals surface area contributed by atoms with Gasteiger partial charge in [-0.25, -0.2) is 9.37 Å². The molecule has 0 N–H and O–H groups in total. The lowest BCUT2D eigenvalue weighted by atomic mass is 9.77. The smallest absolute Gasteiger partial charge is 0.573 e. The van der Waals surface area contributed by atoms with Gasteiger partial charge in [0.1, 0.15) is 17.7 Å². The van der Waals surface area contributed by atoms with Crippen LogP contribution in [0.15, 0.2) is 47.1 Å². The van der Waals surface area contributed by atoms with Crippen LogP contribution in [0.1, 0.15) is 24.3 Å². The quantitative estimate of drug-likeness (QED) is 0.589. The van der Waals surface area contributed by atoms with Gasteiger partial charge in [-0.05, 0) is 54.7 Å². The van der Waals surface area contributed by atoms with Crippen molar-refractivity contribution in [3.05, 3.63) is 54.0 Å². The van der Waals surface area contributed by atoms with Gasteiger partial charge in [-0.15, -0.1) is 13.2 Å². The summed E-state index contributed by atoms with van der Waals surface area (Å²) in [6, 6.07) is 7.44. The standard InChI is InChI=1S/C19H14F4N2O4/c20-15-3-2-12(28-19(21,22)23)7-14(15)11-5-13(6-11)27-18-4-1-10(9-24-18)16-8-17(26)25-29-16/h1-4,7-9,11,13H,5-6H2,(H,25,26)/p-1. The molecular weight excluding hydrogens is 396 g/mol. The number of aromatic nitrogens is 2. The van der Waals surface area contributed by atoms with Crippen LogP contribution in [-0.2, 0) is 0 Å². The average Bonchev–Trinajstić information content (AvgIpc) is 3.05. The molecule has 1 fully saturated rings. The molecule has 1 saturated carbocycles. The fourth-order valence-electron chi connectivity index (χ4n) is 3.11. The van der Waals surface area contributed by atoms with E-state index >= 15 is 0 Å². The fourth-order valence-corrected chi connectivity index (χ4v) is 3.11. The Bertz CT molecular complexity index is 998. The number of benzene rings is 1. The van der Waals surface area contributed by atoms with Crippen LogP contribution in [-0.4, -0.2) is 22.6 Å². The summed E-state index contributed by atoms with van der Waals surface area (Å²) in [6.45, 7) is 0. The second-order valence-corrected chi connectivity index (χ2v) is 6.55. The molecule has 4 rings (SSSR count).